The number of aryl methyl sites for hydroxylation is 1. The van der Waals surface area contributed by atoms with Crippen molar-refractivity contribution in [2.75, 3.05) is 20.3 Å². The molecular weight excluding hydrogens is 310 g/mol. The number of carbonyl (C=O) groups excluding carboxylic acids is 3. The number of ketones is 1. The lowest BCUT2D eigenvalue weighted by atomic mass is 10.2. The van der Waals surface area contributed by atoms with Crippen LogP contribution in [0.5, 0.6) is 0 Å². The number of carbonyl (C=O) groups is 3. The highest BCUT2D eigenvalue weighted by atomic mass is 32.1. The molecule has 0 bridgehead atoms. The Kier molecular flexibility index (Phi) is 7.09. The van der Waals surface area contributed by atoms with Gasteiger partial charge in [0.15, 0.2) is 5.78 Å². The molecule has 1 aromatic rings. The van der Waals surface area contributed by atoms with Gasteiger partial charge in [0, 0.05) is 7.11 Å². The molecule has 0 fully saturated rings. The van der Waals surface area contributed by atoms with E-state index < -0.39 is 30.5 Å². The summed E-state index contributed by atoms with van der Waals surface area (Å²) >= 11 is 1.20. The van der Waals surface area contributed by atoms with Crippen LogP contribution < -0.4 is 10.6 Å². The van der Waals surface area contributed by atoms with E-state index in [4.69, 9.17) is 9.84 Å². The lowest BCUT2D eigenvalue weighted by molar-refractivity contribution is -0.129. The molecule has 22 heavy (non-hydrogen) atoms. The fraction of sp³-hybridized carbons (Fsp3) is 0.538. The van der Waals surface area contributed by atoms with Crippen molar-refractivity contribution >= 4 is 28.9 Å². The molecule has 2 amide bonds. The highest BCUT2D eigenvalue weighted by molar-refractivity contribution is 7.13. The average molecular weight is 329 g/mol. The molecule has 3 N–H and O–H groups in total. The van der Waals surface area contributed by atoms with Crippen LogP contribution >= 0.6 is 11.3 Å². The highest BCUT2D eigenvalue weighted by Crippen LogP contribution is 2.11. The number of thiazole rings is 1. The lowest BCUT2D eigenvalue weighted by Gasteiger charge is -2.20. The summed E-state index contributed by atoms with van der Waals surface area (Å²) in [5.74, 6) is -1.44. The Labute approximate surface area is 131 Å². The van der Waals surface area contributed by atoms with Gasteiger partial charge in [-0.2, -0.15) is 0 Å². The minimum atomic E-state index is -1.01. The molecular formula is C13H19N3O5S. The zero-order valence-corrected chi connectivity index (χ0v) is 13.4. The van der Waals surface area contributed by atoms with Crippen molar-refractivity contribution in [1.82, 2.24) is 15.6 Å². The maximum atomic E-state index is 12.1. The van der Waals surface area contributed by atoms with Gasteiger partial charge in [0.2, 0.25) is 5.91 Å². The number of hydrogen-bond acceptors (Lipinski definition) is 7. The van der Waals surface area contributed by atoms with Gasteiger partial charge >= 0.3 is 0 Å². The summed E-state index contributed by atoms with van der Waals surface area (Å²) in [4.78, 5) is 39.7. The van der Waals surface area contributed by atoms with Crippen LogP contribution in [0.25, 0.3) is 0 Å². The maximum Gasteiger partial charge on any atom is 0.263 e. The monoisotopic (exact) mass is 329 g/mol. The quantitative estimate of drug-likeness (QED) is 0.578. The van der Waals surface area contributed by atoms with E-state index in [0.717, 1.165) is 5.01 Å². The molecule has 8 nitrogen and oxygen atoms in total. The van der Waals surface area contributed by atoms with Crippen molar-refractivity contribution in [1.29, 1.82) is 0 Å². The Hall–Kier alpha value is -1.84. The van der Waals surface area contributed by atoms with Crippen molar-refractivity contribution < 1.29 is 24.2 Å². The number of methoxy groups -OCH3 is 1. The Bertz CT molecular complexity index is 546. The number of Topliss-reactive ketones (excluding diaryl/α,β-unsaturated/α-hetero) is 1. The van der Waals surface area contributed by atoms with Crippen molar-refractivity contribution in [3.8, 4) is 0 Å². The number of amides is 2. The van der Waals surface area contributed by atoms with Gasteiger partial charge in [-0.05, 0) is 13.8 Å². The van der Waals surface area contributed by atoms with Crippen LogP contribution in [0.15, 0.2) is 6.20 Å². The standard InChI is InChI=1S/C13H19N3O5S/c1-7(18)9(5-17)15-12(19)10(6-21-3)16-13(20)11-4-14-8(2)22-11/h4,9-10,17H,5-6H2,1-3H3,(H,15,19)(H,16,20)/t9-,10-/m0/s1. The van der Waals surface area contributed by atoms with Gasteiger partial charge in [-0.25, -0.2) is 4.98 Å². The Morgan fingerprint density at radius 1 is 1.36 bits per heavy atom. The molecule has 2 atom stereocenters. The number of ether oxygens (including phenoxy) is 1. The van der Waals surface area contributed by atoms with Gasteiger partial charge in [0.25, 0.3) is 5.91 Å². The molecule has 1 heterocycles. The Morgan fingerprint density at radius 2 is 2.05 bits per heavy atom. The summed E-state index contributed by atoms with van der Waals surface area (Å²) < 4.78 is 4.91. The van der Waals surface area contributed by atoms with Crippen molar-refractivity contribution in [3.63, 3.8) is 0 Å². The predicted octanol–water partition coefficient (Wildman–Crippen LogP) is -0.738. The number of hydrogen-bond donors (Lipinski definition) is 3. The number of aromatic nitrogens is 1. The highest BCUT2D eigenvalue weighted by Gasteiger charge is 2.25. The van der Waals surface area contributed by atoms with E-state index in [2.05, 4.69) is 15.6 Å². The third-order valence-corrected chi connectivity index (χ3v) is 3.70. The zero-order chi connectivity index (χ0) is 16.7. The SMILES string of the molecule is COC[C@H](NC(=O)c1cnc(C)s1)C(=O)N[C@@H](CO)C(C)=O. The molecule has 122 valence electrons. The second-order valence-corrected chi connectivity index (χ2v) is 5.81. The first-order chi connectivity index (χ1) is 10.4. The smallest absolute Gasteiger partial charge is 0.263 e. The molecule has 0 saturated heterocycles. The summed E-state index contributed by atoms with van der Waals surface area (Å²) in [6, 6.07) is -1.98. The molecule has 0 spiro atoms. The molecule has 0 aliphatic rings. The molecule has 1 rings (SSSR count). The maximum absolute atomic E-state index is 12.1. The first-order valence-corrected chi connectivity index (χ1v) is 7.34. The molecule has 1 aromatic heterocycles. The van der Waals surface area contributed by atoms with Gasteiger partial charge in [-0.15, -0.1) is 11.3 Å². The van der Waals surface area contributed by atoms with E-state index in [0.29, 0.717) is 4.88 Å². The van der Waals surface area contributed by atoms with Crippen molar-refractivity contribution in [2.45, 2.75) is 25.9 Å². The van der Waals surface area contributed by atoms with E-state index in [9.17, 15) is 14.4 Å². The van der Waals surface area contributed by atoms with Crippen LogP contribution in [0.3, 0.4) is 0 Å². The third-order valence-electron chi connectivity index (χ3n) is 2.79. The first-order valence-electron chi connectivity index (χ1n) is 6.53. The third kappa shape index (κ3) is 5.17. The van der Waals surface area contributed by atoms with Crippen LogP contribution in [0.4, 0.5) is 0 Å². The largest absolute Gasteiger partial charge is 0.394 e. The molecule has 0 aromatic carbocycles. The first kappa shape index (κ1) is 18.2. The number of nitrogens with one attached hydrogen (secondary N) is 2. The fourth-order valence-electron chi connectivity index (χ4n) is 1.59. The number of aliphatic hydroxyl groups excluding tert-OH is 1. The van der Waals surface area contributed by atoms with E-state index in [1.165, 1.54) is 31.6 Å². The Balaban J connectivity index is 2.73. The molecule has 0 aliphatic carbocycles. The summed E-state index contributed by atoms with van der Waals surface area (Å²) in [7, 11) is 1.39. The summed E-state index contributed by atoms with van der Waals surface area (Å²) in [5, 5.41) is 14.7. The fourth-order valence-corrected chi connectivity index (χ4v) is 2.27. The molecule has 0 aliphatic heterocycles. The molecule has 0 unspecified atom stereocenters. The number of nitrogens with zero attached hydrogens (tertiary/aromatic N) is 1. The minimum absolute atomic E-state index is 0.0641. The van der Waals surface area contributed by atoms with E-state index in [1.54, 1.807) is 6.92 Å². The second-order valence-electron chi connectivity index (χ2n) is 4.58. The van der Waals surface area contributed by atoms with Crippen molar-refractivity contribution in [2.24, 2.45) is 0 Å². The zero-order valence-electron chi connectivity index (χ0n) is 12.6. The Morgan fingerprint density at radius 3 is 2.50 bits per heavy atom. The van der Waals surface area contributed by atoms with Crippen LogP contribution in [-0.4, -0.2) is 60.1 Å². The van der Waals surface area contributed by atoms with Gasteiger partial charge < -0.3 is 20.5 Å². The molecule has 0 radical (unpaired) electrons. The number of rotatable bonds is 8. The van der Waals surface area contributed by atoms with Crippen LogP contribution in [0.2, 0.25) is 0 Å². The van der Waals surface area contributed by atoms with E-state index in [-0.39, 0.29) is 12.4 Å². The topological polar surface area (TPSA) is 118 Å². The molecule has 9 heteroatoms. The van der Waals surface area contributed by atoms with Gasteiger partial charge in [0.1, 0.15) is 17.0 Å². The number of aliphatic hydroxyl groups is 1. The van der Waals surface area contributed by atoms with E-state index in [1.807, 2.05) is 0 Å². The lowest BCUT2D eigenvalue weighted by Crippen LogP contribution is -2.53. The minimum Gasteiger partial charge on any atom is -0.394 e. The second kappa shape index (κ2) is 8.57. The van der Waals surface area contributed by atoms with Crippen molar-refractivity contribution in [3.05, 3.63) is 16.1 Å². The average Bonchev–Trinajstić information content (AvgIpc) is 2.90. The van der Waals surface area contributed by atoms with Crippen LogP contribution in [-0.2, 0) is 14.3 Å². The summed E-state index contributed by atoms with van der Waals surface area (Å²) in [6.45, 7) is 2.44. The van der Waals surface area contributed by atoms with E-state index >= 15 is 0 Å². The normalized spacial score (nSPS) is 13.3. The van der Waals surface area contributed by atoms with Gasteiger partial charge in [0.05, 0.1) is 24.4 Å². The van der Waals surface area contributed by atoms with Gasteiger partial charge in [-0.3, -0.25) is 14.4 Å². The van der Waals surface area contributed by atoms with Crippen LogP contribution in [0, 0.1) is 6.92 Å². The van der Waals surface area contributed by atoms with Crippen LogP contribution in [0.1, 0.15) is 21.6 Å². The predicted molar refractivity (Wildman–Crippen MR) is 79.7 cm³/mol. The van der Waals surface area contributed by atoms with Gasteiger partial charge in [-0.1, -0.05) is 0 Å². The molecule has 0 saturated carbocycles. The summed E-state index contributed by atoms with van der Waals surface area (Å²) in [6.07, 6.45) is 1.42. The summed E-state index contributed by atoms with van der Waals surface area (Å²) in [5.41, 5.74) is 0.